The second-order valence-electron chi connectivity index (χ2n) is 7.76. The van der Waals surface area contributed by atoms with E-state index in [1.54, 1.807) is 12.7 Å². The molecule has 0 radical (unpaired) electrons. The Kier molecular flexibility index (Phi) is 5.87. The molecule has 0 aromatic carbocycles. The number of likely N-dealkylation sites (tertiary alicyclic amines) is 1. The van der Waals surface area contributed by atoms with Gasteiger partial charge in [0.25, 0.3) is 0 Å². The topological polar surface area (TPSA) is 63.1 Å². The van der Waals surface area contributed by atoms with Gasteiger partial charge in [0, 0.05) is 19.1 Å². The van der Waals surface area contributed by atoms with Crippen LogP contribution in [0.3, 0.4) is 0 Å². The molecule has 2 heterocycles. The number of hydrogen-bond acceptors (Lipinski definition) is 4. The second-order valence-corrected chi connectivity index (χ2v) is 7.76. The summed E-state index contributed by atoms with van der Waals surface area (Å²) in [5.41, 5.74) is 0. The molecule has 24 heavy (non-hydrogen) atoms. The molecule has 2 fully saturated rings. The van der Waals surface area contributed by atoms with E-state index in [1.807, 2.05) is 4.68 Å². The molecule has 2 atom stereocenters. The van der Waals surface area contributed by atoms with Crippen LogP contribution >= 0.6 is 0 Å². The van der Waals surface area contributed by atoms with E-state index in [-0.39, 0.29) is 11.9 Å². The largest absolute Gasteiger partial charge is 0.352 e. The molecule has 1 saturated carbocycles. The van der Waals surface area contributed by atoms with Gasteiger partial charge in [0.05, 0.1) is 6.04 Å². The molecule has 134 valence electrons. The van der Waals surface area contributed by atoms with E-state index in [4.69, 9.17) is 0 Å². The van der Waals surface area contributed by atoms with Crippen molar-refractivity contribution in [3.05, 3.63) is 12.7 Å². The molecule has 6 nitrogen and oxygen atoms in total. The Morgan fingerprint density at radius 3 is 2.79 bits per heavy atom. The van der Waals surface area contributed by atoms with Gasteiger partial charge in [-0.25, -0.2) is 4.98 Å². The Morgan fingerprint density at radius 1 is 1.29 bits per heavy atom. The highest BCUT2D eigenvalue weighted by Crippen LogP contribution is 2.24. The van der Waals surface area contributed by atoms with E-state index in [2.05, 4.69) is 34.1 Å². The number of piperidine rings is 1. The maximum absolute atomic E-state index is 12.6. The average Bonchev–Trinajstić information content (AvgIpc) is 3.09. The summed E-state index contributed by atoms with van der Waals surface area (Å²) in [6.07, 6.45) is 10.5. The van der Waals surface area contributed by atoms with E-state index < -0.39 is 0 Å². The summed E-state index contributed by atoms with van der Waals surface area (Å²) < 4.78 is 1.90. The number of carbonyl (C=O) groups excluding carboxylic acids is 1. The third-order valence-electron chi connectivity index (χ3n) is 5.75. The molecule has 3 rings (SSSR count). The van der Waals surface area contributed by atoms with Crippen LogP contribution in [0.15, 0.2) is 12.7 Å². The predicted molar refractivity (Wildman–Crippen MR) is 93.3 cm³/mol. The molecule has 0 spiro atoms. The van der Waals surface area contributed by atoms with Gasteiger partial charge in [0.1, 0.15) is 12.7 Å². The van der Waals surface area contributed by atoms with E-state index in [0.717, 1.165) is 44.8 Å². The first-order valence-corrected chi connectivity index (χ1v) is 9.48. The van der Waals surface area contributed by atoms with Gasteiger partial charge in [-0.05, 0) is 63.8 Å². The lowest BCUT2D eigenvalue weighted by Gasteiger charge is -2.37. The van der Waals surface area contributed by atoms with Crippen LogP contribution in [0.1, 0.15) is 52.4 Å². The molecule has 0 bridgehead atoms. The second kappa shape index (κ2) is 8.10. The van der Waals surface area contributed by atoms with Crippen molar-refractivity contribution in [3.63, 3.8) is 0 Å². The highest BCUT2D eigenvalue weighted by molar-refractivity contribution is 5.81. The van der Waals surface area contributed by atoms with E-state index >= 15 is 0 Å². The molecular weight excluding hydrogens is 302 g/mol. The molecule has 1 amide bonds. The Morgan fingerprint density at radius 2 is 2.08 bits per heavy atom. The quantitative estimate of drug-likeness (QED) is 0.896. The average molecular weight is 333 g/mol. The summed E-state index contributed by atoms with van der Waals surface area (Å²) in [5.74, 6) is 1.57. The standard InChI is InChI=1S/C18H31N5O/c1-14-5-7-17(8-6-14)21-18(24)15(2)22-9-3-4-16(10-22)11-23-13-19-12-20-23/h12-17H,3-11H2,1-2H3,(H,21,24)/t14?,15-,16+,17?/m1/s1. The predicted octanol–water partition coefficient (Wildman–Crippen LogP) is 2.07. The number of hydrogen-bond donors (Lipinski definition) is 1. The van der Waals surface area contributed by atoms with Crippen molar-refractivity contribution in [1.29, 1.82) is 0 Å². The fraction of sp³-hybridized carbons (Fsp3) is 0.833. The first-order chi connectivity index (χ1) is 11.6. The minimum atomic E-state index is -0.0390. The summed E-state index contributed by atoms with van der Waals surface area (Å²) in [7, 11) is 0. The summed E-state index contributed by atoms with van der Waals surface area (Å²) in [6, 6.07) is 0.342. The number of amides is 1. The summed E-state index contributed by atoms with van der Waals surface area (Å²) >= 11 is 0. The number of rotatable bonds is 5. The lowest BCUT2D eigenvalue weighted by atomic mass is 9.87. The Bertz CT molecular complexity index is 509. The molecule has 1 aliphatic carbocycles. The number of nitrogens with zero attached hydrogens (tertiary/aromatic N) is 4. The van der Waals surface area contributed by atoms with Crippen LogP contribution in [-0.2, 0) is 11.3 Å². The lowest BCUT2D eigenvalue weighted by molar-refractivity contribution is -0.127. The molecule has 1 aromatic rings. The van der Waals surface area contributed by atoms with Crippen molar-refractivity contribution in [2.45, 2.75) is 71.0 Å². The highest BCUT2D eigenvalue weighted by atomic mass is 16.2. The summed E-state index contributed by atoms with van der Waals surface area (Å²) in [6.45, 7) is 7.24. The zero-order valence-corrected chi connectivity index (χ0v) is 15.0. The minimum absolute atomic E-state index is 0.0390. The van der Waals surface area contributed by atoms with Crippen LogP contribution in [0, 0.1) is 11.8 Å². The number of nitrogens with one attached hydrogen (secondary N) is 1. The SMILES string of the molecule is CC1CCC(NC(=O)[C@@H](C)N2CCC[C@H](Cn3cncn3)C2)CC1. The fourth-order valence-corrected chi connectivity index (χ4v) is 4.08. The van der Waals surface area contributed by atoms with Gasteiger partial charge in [-0.3, -0.25) is 14.4 Å². The molecule has 1 N–H and O–H groups in total. The molecule has 0 unspecified atom stereocenters. The maximum atomic E-state index is 12.6. The van der Waals surface area contributed by atoms with Gasteiger partial charge in [-0.15, -0.1) is 0 Å². The molecule has 2 aliphatic rings. The zero-order chi connectivity index (χ0) is 16.9. The molecule has 1 saturated heterocycles. The minimum Gasteiger partial charge on any atom is -0.352 e. The van der Waals surface area contributed by atoms with Crippen molar-refractivity contribution in [1.82, 2.24) is 25.0 Å². The smallest absolute Gasteiger partial charge is 0.237 e. The third kappa shape index (κ3) is 4.56. The highest BCUT2D eigenvalue weighted by Gasteiger charge is 2.29. The summed E-state index contributed by atoms with van der Waals surface area (Å²) in [5, 5.41) is 7.50. The van der Waals surface area contributed by atoms with Gasteiger partial charge in [0.15, 0.2) is 0 Å². The van der Waals surface area contributed by atoms with Crippen LogP contribution in [0.25, 0.3) is 0 Å². The number of aromatic nitrogens is 3. The Hall–Kier alpha value is -1.43. The lowest BCUT2D eigenvalue weighted by Crippen LogP contribution is -2.52. The first kappa shape index (κ1) is 17.4. The van der Waals surface area contributed by atoms with E-state index in [1.165, 1.54) is 19.3 Å². The fourth-order valence-electron chi connectivity index (χ4n) is 4.08. The van der Waals surface area contributed by atoms with Gasteiger partial charge < -0.3 is 5.32 Å². The third-order valence-corrected chi connectivity index (χ3v) is 5.75. The van der Waals surface area contributed by atoms with E-state index in [9.17, 15) is 4.79 Å². The van der Waals surface area contributed by atoms with Crippen molar-refractivity contribution in [2.75, 3.05) is 13.1 Å². The van der Waals surface area contributed by atoms with Crippen LogP contribution in [0.4, 0.5) is 0 Å². The van der Waals surface area contributed by atoms with Gasteiger partial charge in [0.2, 0.25) is 5.91 Å². The van der Waals surface area contributed by atoms with Gasteiger partial charge in [-0.2, -0.15) is 5.10 Å². The van der Waals surface area contributed by atoms with Crippen molar-refractivity contribution < 1.29 is 4.79 Å². The zero-order valence-electron chi connectivity index (χ0n) is 15.0. The first-order valence-electron chi connectivity index (χ1n) is 9.48. The van der Waals surface area contributed by atoms with Crippen molar-refractivity contribution in [2.24, 2.45) is 11.8 Å². The van der Waals surface area contributed by atoms with Gasteiger partial charge >= 0.3 is 0 Å². The van der Waals surface area contributed by atoms with Crippen LogP contribution in [0.2, 0.25) is 0 Å². The maximum Gasteiger partial charge on any atom is 0.237 e. The van der Waals surface area contributed by atoms with Crippen LogP contribution < -0.4 is 5.32 Å². The Balaban J connectivity index is 1.48. The summed E-state index contributed by atoms with van der Waals surface area (Å²) in [4.78, 5) is 19.0. The van der Waals surface area contributed by atoms with Crippen molar-refractivity contribution >= 4 is 5.91 Å². The molecular formula is C18H31N5O. The molecule has 1 aromatic heterocycles. The van der Waals surface area contributed by atoms with Crippen LogP contribution in [-0.4, -0.2) is 50.7 Å². The normalized spacial score (nSPS) is 30.0. The number of carbonyl (C=O) groups is 1. The Labute approximate surface area is 145 Å². The molecule has 6 heteroatoms. The van der Waals surface area contributed by atoms with E-state index in [0.29, 0.717) is 12.0 Å². The van der Waals surface area contributed by atoms with Crippen LogP contribution in [0.5, 0.6) is 0 Å². The van der Waals surface area contributed by atoms with Gasteiger partial charge in [-0.1, -0.05) is 6.92 Å². The monoisotopic (exact) mass is 333 g/mol. The molecule has 1 aliphatic heterocycles. The van der Waals surface area contributed by atoms with Crippen molar-refractivity contribution in [3.8, 4) is 0 Å².